The Morgan fingerprint density at radius 3 is 2.46 bits per heavy atom. The number of sulfone groups is 1. The van der Waals surface area contributed by atoms with E-state index in [1.807, 2.05) is 36.4 Å². The Bertz CT molecular complexity index is 821. The molecular weight excluding hydrogens is 328 g/mol. The van der Waals surface area contributed by atoms with Gasteiger partial charge in [-0.15, -0.1) is 0 Å². The van der Waals surface area contributed by atoms with Gasteiger partial charge in [-0.3, -0.25) is 0 Å². The summed E-state index contributed by atoms with van der Waals surface area (Å²) in [6.07, 6.45) is 0.442. The molecule has 0 unspecified atom stereocenters. The minimum atomic E-state index is -3.03. The van der Waals surface area contributed by atoms with Crippen molar-refractivity contribution in [2.75, 3.05) is 16.8 Å². The summed E-state index contributed by atoms with van der Waals surface area (Å²) in [5.41, 5.74) is 0.514. The molecule has 1 aliphatic rings. The van der Waals surface area contributed by atoms with Gasteiger partial charge in [0.1, 0.15) is 5.75 Å². The van der Waals surface area contributed by atoms with E-state index in [1.54, 1.807) is 18.2 Å². The molecule has 24 heavy (non-hydrogen) atoms. The van der Waals surface area contributed by atoms with Crippen LogP contribution in [0.25, 0.3) is 0 Å². The molecule has 0 radical (unpaired) electrons. The highest BCUT2D eigenvalue weighted by molar-refractivity contribution is 7.91. The summed E-state index contributed by atoms with van der Waals surface area (Å²) in [6.45, 7) is 0. The van der Waals surface area contributed by atoms with E-state index in [0.29, 0.717) is 23.6 Å². The Labute approximate surface area is 140 Å². The van der Waals surface area contributed by atoms with Crippen LogP contribution in [0.4, 0.5) is 10.5 Å². The van der Waals surface area contributed by atoms with E-state index in [4.69, 9.17) is 4.74 Å². The molecule has 1 aliphatic heterocycles. The van der Waals surface area contributed by atoms with E-state index in [1.165, 1.54) is 0 Å². The van der Waals surface area contributed by atoms with Gasteiger partial charge < -0.3 is 15.4 Å². The fourth-order valence-corrected chi connectivity index (χ4v) is 4.20. The number of carbonyl (C=O) groups excluding carboxylic acids is 1. The fourth-order valence-electron chi connectivity index (χ4n) is 2.53. The number of amides is 2. The molecule has 2 amide bonds. The molecule has 1 atom stereocenters. The highest BCUT2D eigenvalue weighted by atomic mass is 32.2. The zero-order chi connectivity index (χ0) is 17.0. The van der Waals surface area contributed by atoms with E-state index < -0.39 is 15.9 Å². The van der Waals surface area contributed by atoms with Crippen LogP contribution in [0.5, 0.6) is 11.5 Å². The average Bonchev–Trinajstić information content (AvgIpc) is 2.89. The number of rotatable bonds is 4. The molecule has 1 heterocycles. The molecule has 2 N–H and O–H groups in total. The van der Waals surface area contributed by atoms with Crippen molar-refractivity contribution >= 4 is 21.6 Å². The van der Waals surface area contributed by atoms with E-state index in [9.17, 15) is 13.2 Å². The van der Waals surface area contributed by atoms with Gasteiger partial charge in [-0.05, 0) is 30.7 Å². The maximum atomic E-state index is 12.1. The zero-order valence-electron chi connectivity index (χ0n) is 12.9. The molecule has 3 rings (SSSR count). The number of hydrogen-bond donors (Lipinski definition) is 2. The monoisotopic (exact) mass is 346 g/mol. The third-order valence-corrected chi connectivity index (χ3v) is 5.44. The van der Waals surface area contributed by atoms with Crippen LogP contribution in [0.2, 0.25) is 0 Å². The Hall–Kier alpha value is -2.54. The molecular formula is C17H18N2O4S. The van der Waals surface area contributed by atoms with Gasteiger partial charge >= 0.3 is 6.03 Å². The van der Waals surface area contributed by atoms with Crippen LogP contribution in [-0.4, -0.2) is 32.0 Å². The van der Waals surface area contributed by atoms with E-state index in [0.717, 1.165) is 0 Å². The first kappa shape index (κ1) is 16.3. The van der Waals surface area contributed by atoms with Gasteiger partial charge in [-0.2, -0.15) is 0 Å². The van der Waals surface area contributed by atoms with Crippen LogP contribution >= 0.6 is 0 Å². The number of anilines is 1. The number of carbonyl (C=O) groups is 1. The smallest absolute Gasteiger partial charge is 0.319 e. The molecule has 0 saturated carbocycles. The Morgan fingerprint density at radius 2 is 1.75 bits per heavy atom. The fraction of sp³-hybridized carbons (Fsp3) is 0.235. The van der Waals surface area contributed by atoms with Gasteiger partial charge in [0.25, 0.3) is 0 Å². The molecule has 0 aliphatic carbocycles. The van der Waals surface area contributed by atoms with Gasteiger partial charge in [0, 0.05) is 6.04 Å². The van der Waals surface area contributed by atoms with Gasteiger partial charge in [-0.25, -0.2) is 13.2 Å². The number of para-hydroxylation sites is 3. The lowest BCUT2D eigenvalue weighted by Gasteiger charge is -2.15. The van der Waals surface area contributed by atoms with Crippen LogP contribution in [0.15, 0.2) is 54.6 Å². The number of benzene rings is 2. The maximum Gasteiger partial charge on any atom is 0.319 e. The molecule has 1 saturated heterocycles. The second-order valence-corrected chi connectivity index (χ2v) is 7.84. The summed E-state index contributed by atoms with van der Waals surface area (Å²) >= 11 is 0. The lowest BCUT2D eigenvalue weighted by molar-refractivity contribution is 0.249. The molecule has 2 aromatic rings. The predicted molar refractivity (Wildman–Crippen MR) is 92.2 cm³/mol. The summed E-state index contributed by atoms with van der Waals surface area (Å²) in [5, 5.41) is 5.40. The second kappa shape index (κ2) is 6.92. The minimum absolute atomic E-state index is 0.0113. The quantitative estimate of drug-likeness (QED) is 0.891. The molecule has 126 valence electrons. The highest BCUT2D eigenvalue weighted by Crippen LogP contribution is 2.29. The third kappa shape index (κ3) is 4.26. The van der Waals surface area contributed by atoms with Crippen LogP contribution < -0.4 is 15.4 Å². The first-order valence-electron chi connectivity index (χ1n) is 7.62. The summed E-state index contributed by atoms with van der Waals surface area (Å²) < 4.78 is 28.7. The zero-order valence-corrected chi connectivity index (χ0v) is 13.8. The lowest BCUT2D eigenvalue weighted by atomic mass is 10.2. The van der Waals surface area contributed by atoms with Gasteiger partial charge in [0.05, 0.1) is 17.2 Å². The van der Waals surface area contributed by atoms with E-state index in [-0.39, 0.29) is 17.5 Å². The van der Waals surface area contributed by atoms with Crippen molar-refractivity contribution in [2.45, 2.75) is 12.5 Å². The normalized spacial score (nSPS) is 18.8. The summed E-state index contributed by atoms with van der Waals surface area (Å²) in [4.78, 5) is 12.1. The number of ether oxygens (including phenoxy) is 1. The van der Waals surface area contributed by atoms with Crippen molar-refractivity contribution in [3.8, 4) is 11.5 Å². The summed E-state index contributed by atoms with van der Waals surface area (Å²) in [6, 6.07) is 15.5. The van der Waals surface area contributed by atoms with Crippen molar-refractivity contribution in [1.29, 1.82) is 0 Å². The van der Waals surface area contributed by atoms with E-state index in [2.05, 4.69) is 10.6 Å². The molecule has 6 nitrogen and oxygen atoms in total. The number of hydrogen-bond acceptors (Lipinski definition) is 4. The summed E-state index contributed by atoms with van der Waals surface area (Å²) in [7, 11) is -3.03. The van der Waals surface area contributed by atoms with Crippen molar-refractivity contribution in [3.05, 3.63) is 54.6 Å². The highest BCUT2D eigenvalue weighted by Gasteiger charge is 2.29. The first-order chi connectivity index (χ1) is 11.5. The van der Waals surface area contributed by atoms with Gasteiger partial charge in [0.2, 0.25) is 0 Å². The number of nitrogens with one attached hydrogen (secondary N) is 2. The predicted octanol–water partition coefficient (Wildman–Crippen LogP) is 2.79. The average molecular weight is 346 g/mol. The van der Waals surface area contributed by atoms with Crippen LogP contribution in [-0.2, 0) is 9.84 Å². The molecule has 1 fully saturated rings. The molecule has 2 aromatic carbocycles. The Kier molecular flexibility index (Phi) is 4.71. The van der Waals surface area contributed by atoms with Crippen molar-refractivity contribution in [2.24, 2.45) is 0 Å². The SMILES string of the molecule is O=C(Nc1ccccc1Oc1ccccc1)N[C@H]1CCS(=O)(=O)C1. The van der Waals surface area contributed by atoms with Crippen molar-refractivity contribution in [1.82, 2.24) is 5.32 Å². The standard InChI is InChI=1S/C17H18N2O4S/c20-17(18-13-10-11-24(21,22)12-13)19-15-8-4-5-9-16(15)23-14-6-2-1-3-7-14/h1-9,13H,10-12H2,(H2,18,19,20)/t13-/m0/s1. The molecule has 0 spiro atoms. The van der Waals surface area contributed by atoms with Gasteiger partial charge in [-0.1, -0.05) is 30.3 Å². The van der Waals surface area contributed by atoms with Crippen molar-refractivity contribution < 1.29 is 17.9 Å². The van der Waals surface area contributed by atoms with Crippen LogP contribution in [0.3, 0.4) is 0 Å². The Morgan fingerprint density at radius 1 is 1.04 bits per heavy atom. The molecule has 0 bridgehead atoms. The number of urea groups is 1. The minimum Gasteiger partial charge on any atom is -0.455 e. The maximum absolute atomic E-state index is 12.1. The first-order valence-corrected chi connectivity index (χ1v) is 9.44. The third-order valence-electron chi connectivity index (χ3n) is 3.67. The molecule has 7 heteroatoms. The second-order valence-electron chi connectivity index (χ2n) is 5.61. The van der Waals surface area contributed by atoms with Gasteiger partial charge in [0.15, 0.2) is 15.6 Å². The lowest BCUT2D eigenvalue weighted by Crippen LogP contribution is -2.38. The van der Waals surface area contributed by atoms with Crippen molar-refractivity contribution in [3.63, 3.8) is 0 Å². The van der Waals surface area contributed by atoms with Crippen LogP contribution in [0.1, 0.15) is 6.42 Å². The Balaban J connectivity index is 1.66. The van der Waals surface area contributed by atoms with Crippen LogP contribution in [0, 0.1) is 0 Å². The van der Waals surface area contributed by atoms with E-state index >= 15 is 0 Å². The summed E-state index contributed by atoms with van der Waals surface area (Å²) in [5.74, 6) is 1.28. The largest absolute Gasteiger partial charge is 0.455 e. The molecule has 0 aromatic heterocycles. The topological polar surface area (TPSA) is 84.5 Å².